The fourth-order valence-corrected chi connectivity index (χ4v) is 3.21. The fourth-order valence-electron chi connectivity index (χ4n) is 3.21. The van der Waals surface area contributed by atoms with Gasteiger partial charge < -0.3 is 14.3 Å². The molecule has 0 fully saturated rings. The van der Waals surface area contributed by atoms with Crippen molar-refractivity contribution in [3.63, 3.8) is 0 Å². The Balaban J connectivity index is 1.64. The number of halogens is 1. The third-order valence-electron chi connectivity index (χ3n) is 4.45. The fraction of sp³-hybridized carbons (Fsp3) is 0.211. The molecule has 3 aromatic rings. The number of carbonyl (C=O) groups is 1. The average molecular weight is 367 g/mol. The number of carbonyl (C=O) groups excluding carboxylic acids is 1. The number of hydrazone groups is 1. The van der Waals surface area contributed by atoms with Gasteiger partial charge in [0.15, 0.2) is 5.84 Å². The van der Waals surface area contributed by atoms with E-state index in [-0.39, 0.29) is 24.4 Å². The molecule has 1 amide bonds. The number of amidine groups is 1. The molecule has 1 aromatic carbocycles. The molecule has 0 radical (unpaired) electrons. The molecule has 0 saturated carbocycles. The molecule has 8 heteroatoms. The number of nitrogens with zero attached hydrogens (tertiary/aromatic N) is 4. The summed E-state index contributed by atoms with van der Waals surface area (Å²) in [5, 5.41) is 8.62. The molecule has 0 unspecified atom stereocenters. The molecule has 0 atom stereocenters. The van der Waals surface area contributed by atoms with Crippen molar-refractivity contribution >= 4 is 28.3 Å². The second-order valence-electron chi connectivity index (χ2n) is 6.38. The molecule has 27 heavy (non-hydrogen) atoms. The largest absolute Gasteiger partial charge is 0.310 e. The van der Waals surface area contributed by atoms with Crippen LogP contribution in [0.25, 0.3) is 16.6 Å². The second kappa shape index (κ2) is 6.71. The number of hydrogen-bond acceptors (Lipinski definition) is 4. The number of aromatic nitrogens is 2. The van der Waals surface area contributed by atoms with Gasteiger partial charge in [-0.2, -0.15) is 5.10 Å². The van der Waals surface area contributed by atoms with Crippen LogP contribution in [0.2, 0.25) is 0 Å². The van der Waals surface area contributed by atoms with E-state index in [1.165, 1.54) is 16.7 Å². The highest BCUT2D eigenvalue weighted by molar-refractivity contribution is 6.04. The predicted molar refractivity (Wildman–Crippen MR) is 101 cm³/mol. The molecule has 1 aliphatic rings. The summed E-state index contributed by atoms with van der Waals surface area (Å²) in [6, 6.07) is 7.77. The van der Waals surface area contributed by atoms with Crippen LogP contribution in [0.1, 0.15) is 6.42 Å². The van der Waals surface area contributed by atoms with Gasteiger partial charge >= 0.3 is 0 Å². The van der Waals surface area contributed by atoms with Crippen LogP contribution in [0.4, 0.5) is 4.39 Å². The number of benzene rings is 1. The van der Waals surface area contributed by atoms with Crippen molar-refractivity contribution in [2.75, 3.05) is 13.6 Å². The average Bonchev–Trinajstić information content (AvgIpc) is 3.11. The lowest BCUT2D eigenvalue weighted by Crippen LogP contribution is -2.34. The van der Waals surface area contributed by atoms with Crippen molar-refractivity contribution < 1.29 is 9.18 Å². The minimum Gasteiger partial charge on any atom is -0.310 e. The van der Waals surface area contributed by atoms with Crippen molar-refractivity contribution in [3.05, 3.63) is 64.9 Å². The van der Waals surface area contributed by atoms with E-state index < -0.39 is 5.82 Å². The number of amides is 1. The number of hydrogen-bond donors (Lipinski definition) is 1. The minimum atomic E-state index is -0.434. The maximum absolute atomic E-state index is 13.8. The second-order valence-corrected chi connectivity index (χ2v) is 6.38. The number of rotatable bonds is 3. The van der Waals surface area contributed by atoms with E-state index in [4.69, 9.17) is 0 Å². The van der Waals surface area contributed by atoms with Crippen LogP contribution in [-0.2, 0) is 11.3 Å². The van der Waals surface area contributed by atoms with Gasteiger partial charge in [-0.3, -0.25) is 14.6 Å². The van der Waals surface area contributed by atoms with Gasteiger partial charge in [-0.25, -0.2) is 4.39 Å². The molecule has 4 rings (SSSR count). The maximum atomic E-state index is 13.8. The summed E-state index contributed by atoms with van der Waals surface area (Å²) in [7, 11) is 1.81. The molecule has 7 nitrogen and oxygen atoms in total. The monoisotopic (exact) mass is 367 g/mol. The van der Waals surface area contributed by atoms with Crippen molar-refractivity contribution in [2.45, 2.75) is 13.0 Å². The lowest BCUT2D eigenvalue weighted by molar-refractivity contribution is -0.119. The van der Waals surface area contributed by atoms with Gasteiger partial charge in [-0.15, -0.1) is 0 Å². The Hall–Kier alpha value is -3.42. The molecule has 0 spiro atoms. The third kappa shape index (κ3) is 3.21. The molecular formula is C19H18FN5O2. The molecular weight excluding hydrogens is 349 g/mol. The summed E-state index contributed by atoms with van der Waals surface area (Å²) in [6.45, 7) is 0.822. The van der Waals surface area contributed by atoms with Crippen LogP contribution in [0, 0.1) is 5.82 Å². The normalized spacial score (nSPS) is 14.0. The Bertz CT molecular complexity index is 1160. The van der Waals surface area contributed by atoms with Gasteiger partial charge in [0.2, 0.25) is 5.91 Å². The Morgan fingerprint density at radius 2 is 2.11 bits per heavy atom. The summed E-state index contributed by atoms with van der Waals surface area (Å²) in [5.41, 5.74) is 1.38. The quantitative estimate of drug-likeness (QED) is 0.766. The van der Waals surface area contributed by atoms with E-state index in [1.807, 2.05) is 13.1 Å². The van der Waals surface area contributed by atoms with E-state index in [0.29, 0.717) is 28.9 Å². The Kier molecular flexibility index (Phi) is 4.23. The van der Waals surface area contributed by atoms with Gasteiger partial charge in [0.25, 0.3) is 5.56 Å². The smallest absolute Gasteiger partial charge is 0.275 e. The van der Waals surface area contributed by atoms with E-state index in [2.05, 4.69) is 10.4 Å². The summed E-state index contributed by atoms with van der Waals surface area (Å²) in [5.74, 6) is -0.240. The van der Waals surface area contributed by atoms with Crippen molar-refractivity contribution in [1.29, 1.82) is 0 Å². The van der Waals surface area contributed by atoms with Gasteiger partial charge in [0.1, 0.15) is 11.3 Å². The summed E-state index contributed by atoms with van der Waals surface area (Å²) >= 11 is 0. The summed E-state index contributed by atoms with van der Waals surface area (Å²) < 4.78 is 17.0. The lowest BCUT2D eigenvalue weighted by atomic mass is 10.2. The van der Waals surface area contributed by atoms with Crippen molar-refractivity contribution in [3.8, 4) is 0 Å². The number of likely N-dealkylation sites (N-methyl/N-ethyl adjacent to an activating group) is 1. The molecule has 3 heterocycles. The van der Waals surface area contributed by atoms with Crippen LogP contribution in [-0.4, -0.2) is 39.3 Å². The minimum absolute atomic E-state index is 0.0684. The van der Waals surface area contributed by atoms with Crippen LogP contribution in [0.3, 0.4) is 0 Å². The molecule has 0 saturated heterocycles. The zero-order valence-electron chi connectivity index (χ0n) is 14.7. The number of aryl methyl sites for hydroxylation is 1. The lowest BCUT2D eigenvalue weighted by Gasteiger charge is -2.17. The van der Waals surface area contributed by atoms with E-state index in [1.54, 1.807) is 39.9 Å². The maximum Gasteiger partial charge on any atom is 0.275 e. The molecule has 0 bridgehead atoms. The zero-order chi connectivity index (χ0) is 19.0. The van der Waals surface area contributed by atoms with Gasteiger partial charge in [0.05, 0.1) is 17.6 Å². The Morgan fingerprint density at radius 1 is 1.26 bits per heavy atom. The van der Waals surface area contributed by atoms with Crippen LogP contribution >= 0.6 is 0 Å². The standard InChI is InChI=1S/C19H18FN5O2/c1-23-9-3-5-17(22-23)21-18(26)8-11-25-16-12-13(20)6-7-14(16)24-10-2-4-15(24)19(25)27/h2-7,10,12H,8-9,11H2,1H3,(H,21,22,26). The predicted octanol–water partition coefficient (Wildman–Crippen LogP) is 1.71. The first kappa shape index (κ1) is 17.0. The third-order valence-corrected chi connectivity index (χ3v) is 4.45. The molecule has 2 aromatic heterocycles. The Labute approximate surface area is 154 Å². The topological polar surface area (TPSA) is 71.1 Å². The first-order valence-corrected chi connectivity index (χ1v) is 8.58. The first-order chi connectivity index (χ1) is 13.0. The Morgan fingerprint density at radius 3 is 2.93 bits per heavy atom. The van der Waals surface area contributed by atoms with E-state index in [9.17, 15) is 14.0 Å². The highest BCUT2D eigenvalue weighted by atomic mass is 19.1. The van der Waals surface area contributed by atoms with Gasteiger partial charge in [-0.1, -0.05) is 6.08 Å². The van der Waals surface area contributed by atoms with Crippen LogP contribution < -0.4 is 10.9 Å². The van der Waals surface area contributed by atoms with Crippen LogP contribution in [0.15, 0.2) is 58.6 Å². The zero-order valence-corrected chi connectivity index (χ0v) is 14.7. The highest BCUT2D eigenvalue weighted by Crippen LogP contribution is 2.17. The molecule has 1 aliphatic heterocycles. The summed E-state index contributed by atoms with van der Waals surface area (Å²) in [6.07, 6.45) is 5.46. The van der Waals surface area contributed by atoms with Crippen LogP contribution in [0.5, 0.6) is 0 Å². The van der Waals surface area contributed by atoms with Crippen molar-refractivity contribution in [2.24, 2.45) is 5.10 Å². The van der Waals surface area contributed by atoms with E-state index >= 15 is 0 Å². The molecule has 138 valence electrons. The summed E-state index contributed by atoms with van der Waals surface area (Å²) in [4.78, 5) is 25.1. The van der Waals surface area contributed by atoms with Gasteiger partial charge in [0, 0.05) is 26.2 Å². The van der Waals surface area contributed by atoms with Crippen molar-refractivity contribution in [1.82, 2.24) is 19.3 Å². The molecule has 1 N–H and O–H groups in total. The highest BCUT2D eigenvalue weighted by Gasteiger charge is 2.13. The molecule has 0 aliphatic carbocycles. The SMILES string of the molecule is CN1CC=CC(NC(=O)CCn2c(=O)c3cccn3c3ccc(F)cc32)=N1. The van der Waals surface area contributed by atoms with E-state index in [0.717, 1.165) is 0 Å². The first-order valence-electron chi connectivity index (χ1n) is 8.58. The number of nitrogens with one attached hydrogen (secondary N) is 1. The van der Waals surface area contributed by atoms with Gasteiger partial charge in [-0.05, 0) is 36.4 Å². The number of fused-ring (bicyclic) bond motifs is 3.